The molecule has 0 bridgehead atoms. The molecule has 0 unspecified atom stereocenters. The van der Waals surface area contributed by atoms with E-state index in [1.54, 1.807) is 0 Å². The molecule has 0 radical (unpaired) electrons. The van der Waals surface area contributed by atoms with Gasteiger partial charge >= 0.3 is 0 Å². The maximum Gasteiger partial charge on any atom is 0.200 e. The normalized spacial score (nSPS) is 11.6. The van der Waals surface area contributed by atoms with E-state index in [0.29, 0.717) is 0 Å². The standard InChI is InChI=1S/C42H11F20S/c43-23-17(24(44)32(52)39(59)31(23)51)14-11-15(63(12-7-3-1-4-8-12)13-9-5-2-6-10-13)18(21-27(47)35(55)41(61)36(56)28(21)48)19(22-29(49)37(57)42(62)38(58)30(22)50)16(14)20-25(45)33(53)40(60)34(54)26(20)46/h1-11H/q+1. The Hall–Kier alpha value is -6.51. The highest BCUT2D eigenvalue weighted by Gasteiger charge is 2.45. The van der Waals surface area contributed by atoms with Crippen LogP contribution in [0.5, 0.6) is 0 Å². The molecule has 0 amide bonds. The Balaban J connectivity index is 1.99. The molecule has 0 nitrogen and oxygen atoms in total. The van der Waals surface area contributed by atoms with Gasteiger partial charge in [-0.1, -0.05) is 36.4 Å². The predicted octanol–water partition coefficient (Wildman–Crippen LogP) is 14.2. The Morgan fingerprint density at radius 1 is 0.222 bits per heavy atom. The summed E-state index contributed by atoms with van der Waals surface area (Å²) < 4.78 is 310. The zero-order valence-corrected chi connectivity index (χ0v) is 30.6. The predicted molar refractivity (Wildman–Crippen MR) is 182 cm³/mol. The summed E-state index contributed by atoms with van der Waals surface area (Å²) in [5.41, 5.74) is -20.0. The minimum Gasteiger partial charge on any atom is -0.203 e. The van der Waals surface area contributed by atoms with Gasteiger partial charge in [-0.3, -0.25) is 0 Å². The first-order valence-corrected chi connectivity index (χ1v) is 18.0. The topological polar surface area (TPSA) is 0 Å². The van der Waals surface area contributed by atoms with Gasteiger partial charge in [-0.25, -0.2) is 87.8 Å². The van der Waals surface area contributed by atoms with Crippen LogP contribution in [0.2, 0.25) is 0 Å². The van der Waals surface area contributed by atoms with Gasteiger partial charge in [-0.05, 0) is 24.3 Å². The molecule has 0 spiro atoms. The van der Waals surface area contributed by atoms with E-state index in [2.05, 4.69) is 0 Å². The minimum absolute atomic E-state index is 0.0856. The molecule has 7 rings (SSSR count). The Morgan fingerprint density at radius 2 is 0.460 bits per heavy atom. The van der Waals surface area contributed by atoms with Crippen LogP contribution in [0.3, 0.4) is 0 Å². The van der Waals surface area contributed by atoms with Crippen molar-refractivity contribution in [1.29, 1.82) is 0 Å². The Bertz CT molecular complexity index is 2910. The second kappa shape index (κ2) is 16.3. The highest BCUT2D eigenvalue weighted by molar-refractivity contribution is 7.97. The van der Waals surface area contributed by atoms with Gasteiger partial charge in [0.05, 0.1) is 38.7 Å². The summed E-state index contributed by atoms with van der Waals surface area (Å²) in [5, 5.41) is 0. The van der Waals surface area contributed by atoms with E-state index in [0.717, 1.165) is 24.3 Å². The van der Waals surface area contributed by atoms with Crippen molar-refractivity contribution < 1.29 is 87.8 Å². The molecular formula is C42H11F20S+. The zero-order chi connectivity index (χ0) is 46.3. The molecule has 21 heteroatoms. The third kappa shape index (κ3) is 6.74. The van der Waals surface area contributed by atoms with Crippen molar-refractivity contribution in [3.05, 3.63) is 183 Å². The first-order chi connectivity index (χ1) is 29.7. The SMILES string of the molecule is Fc1c(F)c(F)c(-c2cc([S+](c3ccccc3)c3ccccc3)c(-c3c(F)c(F)c(F)c(F)c3F)c(-c3c(F)c(F)c(F)c(F)c3F)c2-c2c(F)c(F)c(F)c(F)c2F)c(F)c1F. The fourth-order valence-electron chi connectivity index (χ4n) is 6.59. The van der Waals surface area contributed by atoms with Crippen molar-refractivity contribution in [3.8, 4) is 44.5 Å². The summed E-state index contributed by atoms with van der Waals surface area (Å²) >= 11 is 0. The van der Waals surface area contributed by atoms with Gasteiger partial charge in [0.15, 0.2) is 108 Å². The summed E-state index contributed by atoms with van der Waals surface area (Å²) in [6.07, 6.45) is 0. The van der Waals surface area contributed by atoms with Crippen molar-refractivity contribution in [1.82, 2.24) is 0 Å². The molecule has 0 aliphatic carbocycles. The lowest BCUT2D eigenvalue weighted by Gasteiger charge is -2.25. The third-order valence-electron chi connectivity index (χ3n) is 9.33. The van der Waals surface area contributed by atoms with Gasteiger partial charge < -0.3 is 0 Å². The van der Waals surface area contributed by atoms with Crippen LogP contribution >= 0.6 is 0 Å². The molecule has 0 aromatic heterocycles. The number of hydrogen-bond acceptors (Lipinski definition) is 0. The van der Waals surface area contributed by atoms with Crippen molar-refractivity contribution >= 4 is 10.9 Å². The van der Waals surface area contributed by atoms with Gasteiger partial charge in [0, 0.05) is 22.8 Å². The lowest BCUT2D eigenvalue weighted by molar-refractivity contribution is 0.379. The summed E-state index contributed by atoms with van der Waals surface area (Å²) in [7, 11) is -2.55. The van der Waals surface area contributed by atoms with Gasteiger partial charge in [-0.15, -0.1) is 0 Å². The Morgan fingerprint density at radius 3 is 0.762 bits per heavy atom. The van der Waals surface area contributed by atoms with Crippen LogP contribution in [0.1, 0.15) is 0 Å². The van der Waals surface area contributed by atoms with E-state index in [9.17, 15) is 17.6 Å². The van der Waals surface area contributed by atoms with Crippen molar-refractivity contribution in [2.45, 2.75) is 14.7 Å². The first kappa shape index (κ1) is 44.5. The maximum absolute atomic E-state index is 16.4. The maximum atomic E-state index is 16.4. The number of benzene rings is 7. The highest BCUT2D eigenvalue weighted by Crippen LogP contribution is 2.56. The van der Waals surface area contributed by atoms with Crippen LogP contribution in [-0.2, 0) is 10.9 Å². The summed E-state index contributed by atoms with van der Waals surface area (Å²) in [6, 6.07) is 11.5. The van der Waals surface area contributed by atoms with Gasteiger partial charge in [0.1, 0.15) is 0 Å². The van der Waals surface area contributed by atoms with Crippen molar-refractivity contribution in [2.75, 3.05) is 0 Å². The van der Waals surface area contributed by atoms with E-state index in [1.807, 2.05) is 0 Å². The molecule has 0 fully saturated rings. The quantitative estimate of drug-likeness (QED) is 0.0647. The van der Waals surface area contributed by atoms with E-state index < -0.39 is 177 Å². The Kier molecular flexibility index (Phi) is 11.5. The molecule has 0 saturated heterocycles. The zero-order valence-electron chi connectivity index (χ0n) is 29.8. The number of rotatable bonds is 7. The molecule has 0 aliphatic rings. The molecule has 7 aromatic rings. The van der Waals surface area contributed by atoms with Gasteiger partial charge in [0.2, 0.25) is 23.3 Å². The fraction of sp³-hybridized carbons (Fsp3) is 0. The van der Waals surface area contributed by atoms with Crippen molar-refractivity contribution in [3.63, 3.8) is 0 Å². The van der Waals surface area contributed by atoms with Gasteiger partial charge in [-0.2, -0.15) is 0 Å². The van der Waals surface area contributed by atoms with E-state index in [1.165, 1.54) is 36.4 Å². The molecule has 0 saturated carbocycles. The first-order valence-electron chi connectivity index (χ1n) is 16.8. The molecule has 63 heavy (non-hydrogen) atoms. The van der Waals surface area contributed by atoms with Crippen LogP contribution in [-0.4, -0.2) is 0 Å². The minimum atomic E-state index is -3.19. The number of halogens is 20. The Labute approximate surface area is 340 Å². The van der Waals surface area contributed by atoms with E-state index in [-0.39, 0.29) is 15.9 Å². The van der Waals surface area contributed by atoms with Crippen LogP contribution in [0.25, 0.3) is 44.5 Å². The van der Waals surface area contributed by atoms with Crippen LogP contribution in [0.4, 0.5) is 87.8 Å². The molecule has 324 valence electrons. The smallest absolute Gasteiger partial charge is 0.200 e. The number of hydrogen-bond donors (Lipinski definition) is 0. The van der Waals surface area contributed by atoms with Crippen LogP contribution < -0.4 is 0 Å². The molecule has 0 aliphatic heterocycles. The molecule has 0 N–H and O–H groups in total. The largest absolute Gasteiger partial charge is 0.203 e. The average Bonchev–Trinajstić information content (AvgIpc) is 3.28. The second-order valence-electron chi connectivity index (χ2n) is 12.8. The summed E-state index contributed by atoms with van der Waals surface area (Å²) in [6.45, 7) is 0. The second-order valence-corrected chi connectivity index (χ2v) is 14.8. The summed E-state index contributed by atoms with van der Waals surface area (Å²) in [5.74, 6) is -61.8. The van der Waals surface area contributed by atoms with Crippen LogP contribution in [0, 0.1) is 116 Å². The third-order valence-corrected chi connectivity index (χ3v) is 11.6. The van der Waals surface area contributed by atoms with E-state index >= 15 is 70.2 Å². The van der Waals surface area contributed by atoms with Gasteiger partial charge in [0.25, 0.3) is 0 Å². The average molecular weight is 928 g/mol. The lowest BCUT2D eigenvalue weighted by Crippen LogP contribution is -2.15. The van der Waals surface area contributed by atoms with Crippen molar-refractivity contribution in [2.24, 2.45) is 0 Å². The molecule has 0 heterocycles. The molecule has 0 atom stereocenters. The molecular weight excluding hydrogens is 916 g/mol. The highest BCUT2D eigenvalue weighted by atomic mass is 32.2. The molecule has 7 aromatic carbocycles. The monoisotopic (exact) mass is 927 g/mol. The lowest BCUT2D eigenvalue weighted by atomic mass is 9.81. The van der Waals surface area contributed by atoms with Crippen LogP contribution in [0.15, 0.2) is 81.4 Å². The van der Waals surface area contributed by atoms with E-state index in [4.69, 9.17) is 0 Å². The summed E-state index contributed by atoms with van der Waals surface area (Å²) in [4.78, 5) is -1.98. The fourth-order valence-corrected chi connectivity index (χ4v) is 8.87.